The first-order valence-corrected chi connectivity index (χ1v) is 11.2. The van der Waals surface area contributed by atoms with E-state index in [4.69, 9.17) is 9.41 Å². The van der Waals surface area contributed by atoms with Gasteiger partial charge in [-0.25, -0.2) is 0 Å². The maximum absolute atomic E-state index is 11.9. The molecule has 3 rings (SSSR count). The Labute approximate surface area is 202 Å². The number of hydrogen-bond acceptors (Lipinski definition) is 4. The van der Waals surface area contributed by atoms with Gasteiger partial charge in [0.05, 0.1) is 6.54 Å². The van der Waals surface area contributed by atoms with Gasteiger partial charge >= 0.3 is 0 Å². The molecule has 1 saturated heterocycles. The number of likely N-dealkylation sites (tertiary alicyclic amines) is 1. The van der Waals surface area contributed by atoms with Crippen LogP contribution < -0.4 is 16.0 Å². The molecule has 0 atom stereocenters. The van der Waals surface area contributed by atoms with Gasteiger partial charge in [-0.2, -0.15) is 0 Å². The van der Waals surface area contributed by atoms with Crippen LogP contribution in [0.5, 0.6) is 0 Å². The minimum atomic E-state index is 0. The zero-order valence-electron chi connectivity index (χ0n) is 18.7. The molecule has 1 fully saturated rings. The lowest BCUT2D eigenvalue weighted by molar-refractivity contribution is -0.122. The summed E-state index contributed by atoms with van der Waals surface area (Å²) < 4.78 is 5.88. The molecule has 31 heavy (non-hydrogen) atoms. The number of nitrogens with zero attached hydrogens (tertiary/aromatic N) is 2. The predicted octanol–water partition coefficient (Wildman–Crippen LogP) is 3.14. The molecule has 172 valence electrons. The van der Waals surface area contributed by atoms with E-state index in [-0.39, 0.29) is 29.9 Å². The van der Waals surface area contributed by atoms with Gasteiger partial charge in [0.15, 0.2) is 5.96 Å². The Morgan fingerprint density at radius 1 is 1.19 bits per heavy atom. The van der Waals surface area contributed by atoms with E-state index in [1.54, 1.807) is 0 Å². The summed E-state index contributed by atoms with van der Waals surface area (Å²) in [5.74, 6) is 1.95. The van der Waals surface area contributed by atoms with Crippen LogP contribution in [0.4, 0.5) is 0 Å². The van der Waals surface area contributed by atoms with E-state index in [0.717, 1.165) is 74.6 Å². The molecule has 1 amide bonds. The minimum absolute atomic E-state index is 0. The fraction of sp³-hybridized carbons (Fsp3) is 0.565. The summed E-state index contributed by atoms with van der Waals surface area (Å²) in [6.45, 7) is 8.75. The van der Waals surface area contributed by atoms with E-state index in [0.29, 0.717) is 19.1 Å². The van der Waals surface area contributed by atoms with E-state index in [9.17, 15) is 4.79 Å². The topological polar surface area (TPSA) is 81.9 Å². The minimum Gasteiger partial charge on any atom is -0.461 e. The number of furan rings is 1. The molecule has 1 aromatic heterocycles. The lowest BCUT2D eigenvalue weighted by Gasteiger charge is -2.32. The molecule has 0 saturated carbocycles. The molecule has 0 bridgehead atoms. The smallest absolute Gasteiger partial charge is 0.234 e. The van der Waals surface area contributed by atoms with Crippen LogP contribution in [0, 0.1) is 0 Å². The van der Waals surface area contributed by atoms with Gasteiger partial charge in [-0.3, -0.25) is 14.7 Å². The first-order valence-electron chi connectivity index (χ1n) is 11.2. The highest BCUT2D eigenvalue weighted by Gasteiger charge is 2.21. The molecule has 2 heterocycles. The van der Waals surface area contributed by atoms with Crippen molar-refractivity contribution in [2.24, 2.45) is 4.99 Å². The van der Waals surface area contributed by atoms with Crippen LogP contribution in [0.1, 0.15) is 38.9 Å². The highest BCUT2D eigenvalue weighted by atomic mass is 127. The van der Waals surface area contributed by atoms with Crippen molar-refractivity contribution in [3.8, 4) is 0 Å². The molecule has 8 heteroatoms. The SMILES string of the molecule is CCCNC(=O)CN1CCC(NC(=NCCc2cc3ccccc3o2)NCC)CC1.I. The molecule has 1 aliphatic rings. The number of aliphatic imine (C=N–C) groups is 1. The molecule has 7 nitrogen and oxygen atoms in total. The molecule has 0 spiro atoms. The first kappa shape index (κ1) is 25.5. The summed E-state index contributed by atoms with van der Waals surface area (Å²) in [5.41, 5.74) is 0.927. The third kappa shape index (κ3) is 8.33. The van der Waals surface area contributed by atoms with E-state index < -0.39 is 0 Å². The molecule has 1 aliphatic heterocycles. The number of rotatable bonds is 9. The Kier molecular flexibility index (Phi) is 11.1. The number of hydrogen-bond donors (Lipinski definition) is 3. The van der Waals surface area contributed by atoms with E-state index in [2.05, 4.69) is 46.8 Å². The summed E-state index contributed by atoms with van der Waals surface area (Å²) in [6.07, 6.45) is 3.77. The zero-order valence-corrected chi connectivity index (χ0v) is 21.0. The second kappa shape index (κ2) is 13.6. The molecule has 3 N–H and O–H groups in total. The average molecular weight is 541 g/mol. The van der Waals surface area contributed by atoms with Crippen molar-refractivity contribution in [1.29, 1.82) is 0 Å². The number of amides is 1. The second-order valence-corrected chi connectivity index (χ2v) is 7.81. The van der Waals surface area contributed by atoms with Gasteiger partial charge in [0, 0.05) is 50.6 Å². The summed E-state index contributed by atoms with van der Waals surface area (Å²) >= 11 is 0. The molecular weight excluding hydrogens is 505 g/mol. The van der Waals surface area contributed by atoms with Crippen molar-refractivity contribution < 1.29 is 9.21 Å². The molecular formula is C23H36IN5O2. The quantitative estimate of drug-likeness (QED) is 0.258. The standard InChI is InChI=1S/C23H35N5O2.HI/c1-3-12-25-22(29)17-28-14-10-19(11-15-28)27-23(24-4-2)26-13-9-20-16-18-7-5-6-8-21(18)30-20;/h5-8,16,19H,3-4,9-15,17H2,1-2H3,(H,25,29)(H2,24,26,27);1H. The van der Waals surface area contributed by atoms with Crippen LogP contribution in [0.15, 0.2) is 39.7 Å². The maximum atomic E-state index is 11.9. The Morgan fingerprint density at radius 2 is 1.97 bits per heavy atom. The Hall–Kier alpha value is -1.81. The third-order valence-corrected chi connectivity index (χ3v) is 5.32. The Balaban J connectivity index is 0.00000341. The molecule has 1 aromatic carbocycles. The van der Waals surface area contributed by atoms with E-state index >= 15 is 0 Å². The van der Waals surface area contributed by atoms with Crippen molar-refractivity contribution in [3.05, 3.63) is 36.1 Å². The van der Waals surface area contributed by atoms with Crippen LogP contribution in [0.25, 0.3) is 11.0 Å². The molecule has 0 aliphatic carbocycles. The summed E-state index contributed by atoms with van der Waals surface area (Å²) in [7, 11) is 0. The van der Waals surface area contributed by atoms with Crippen LogP contribution >= 0.6 is 24.0 Å². The molecule has 0 unspecified atom stereocenters. The maximum Gasteiger partial charge on any atom is 0.234 e. The van der Waals surface area contributed by atoms with Gasteiger partial charge in [-0.15, -0.1) is 24.0 Å². The second-order valence-electron chi connectivity index (χ2n) is 7.81. The molecule has 0 radical (unpaired) electrons. The zero-order chi connectivity index (χ0) is 21.2. The van der Waals surface area contributed by atoms with Gasteiger partial charge in [0.25, 0.3) is 0 Å². The van der Waals surface area contributed by atoms with Crippen molar-refractivity contribution in [3.63, 3.8) is 0 Å². The van der Waals surface area contributed by atoms with Crippen molar-refractivity contribution in [2.45, 2.75) is 45.6 Å². The summed E-state index contributed by atoms with van der Waals surface area (Å²) in [6, 6.07) is 10.5. The number of nitrogens with one attached hydrogen (secondary N) is 3. The van der Waals surface area contributed by atoms with Gasteiger partial charge in [-0.05, 0) is 38.3 Å². The number of benzene rings is 1. The average Bonchev–Trinajstić information content (AvgIpc) is 3.16. The number of carbonyl (C=O) groups excluding carboxylic acids is 1. The van der Waals surface area contributed by atoms with Gasteiger partial charge in [0.1, 0.15) is 11.3 Å². The van der Waals surface area contributed by atoms with Gasteiger partial charge in [-0.1, -0.05) is 25.1 Å². The van der Waals surface area contributed by atoms with Crippen LogP contribution in [-0.4, -0.2) is 62.1 Å². The van der Waals surface area contributed by atoms with Crippen molar-refractivity contribution in [1.82, 2.24) is 20.9 Å². The number of guanidine groups is 1. The number of halogens is 1. The first-order chi connectivity index (χ1) is 14.7. The van der Waals surface area contributed by atoms with Crippen LogP contribution in [-0.2, 0) is 11.2 Å². The highest BCUT2D eigenvalue weighted by Crippen LogP contribution is 2.19. The number of para-hydroxylation sites is 1. The van der Waals surface area contributed by atoms with Crippen LogP contribution in [0.3, 0.4) is 0 Å². The third-order valence-electron chi connectivity index (χ3n) is 5.32. The monoisotopic (exact) mass is 541 g/mol. The van der Waals surface area contributed by atoms with Crippen LogP contribution in [0.2, 0.25) is 0 Å². The van der Waals surface area contributed by atoms with Gasteiger partial charge < -0.3 is 20.4 Å². The largest absolute Gasteiger partial charge is 0.461 e. The number of fused-ring (bicyclic) bond motifs is 1. The lowest BCUT2D eigenvalue weighted by Crippen LogP contribution is -2.50. The number of carbonyl (C=O) groups is 1. The van der Waals surface area contributed by atoms with Crippen molar-refractivity contribution >= 4 is 46.8 Å². The highest BCUT2D eigenvalue weighted by molar-refractivity contribution is 14.0. The van der Waals surface area contributed by atoms with Crippen molar-refractivity contribution in [2.75, 3.05) is 39.3 Å². The summed E-state index contributed by atoms with van der Waals surface area (Å²) in [5, 5.41) is 11.0. The van der Waals surface area contributed by atoms with Gasteiger partial charge in [0.2, 0.25) is 5.91 Å². The lowest BCUT2D eigenvalue weighted by atomic mass is 10.1. The summed E-state index contributed by atoms with van der Waals surface area (Å²) in [4.78, 5) is 18.9. The van der Waals surface area contributed by atoms with E-state index in [1.165, 1.54) is 0 Å². The Morgan fingerprint density at radius 3 is 2.68 bits per heavy atom. The normalized spacial score (nSPS) is 15.5. The fourth-order valence-electron chi connectivity index (χ4n) is 3.71. The fourth-order valence-corrected chi connectivity index (χ4v) is 3.71. The molecule has 2 aromatic rings. The Bertz CT molecular complexity index is 797. The van der Waals surface area contributed by atoms with E-state index in [1.807, 2.05) is 18.2 Å². The number of piperidine rings is 1. The predicted molar refractivity (Wildman–Crippen MR) is 137 cm³/mol.